The standard InChI is InChI=1S/C16H17ClN2O2/c1-11-4-5-13(8-16(11)17)19-18-10-12-6-14(20-2)9-15(7-12)21-3/h4-10,19H,1-3H3/b18-10-. The van der Waals surface area contributed by atoms with Crippen LogP contribution < -0.4 is 14.9 Å². The summed E-state index contributed by atoms with van der Waals surface area (Å²) in [5, 5.41) is 4.90. The number of benzene rings is 2. The highest BCUT2D eigenvalue weighted by atomic mass is 35.5. The average Bonchev–Trinajstić information content (AvgIpc) is 2.50. The van der Waals surface area contributed by atoms with Crippen LogP contribution in [0.3, 0.4) is 0 Å². The fraction of sp³-hybridized carbons (Fsp3) is 0.188. The molecule has 0 aliphatic carbocycles. The Morgan fingerprint density at radius 2 is 1.71 bits per heavy atom. The fourth-order valence-corrected chi connectivity index (χ4v) is 1.93. The molecular formula is C16H17ClN2O2. The first-order chi connectivity index (χ1) is 10.1. The van der Waals surface area contributed by atoms with Gasteiger partial charge >= 0.3 is 0 Å². The number of aryl methyl sites for hydroxylation is 1. The maximum atomic E-state index is 6.06. The van der Waals surface area contributed by atoms with Crippen LogP contribution in [0.15, 0.2) is 41.5 Å². The lowest BCUT2D eigenvalue weighted by molar-refractivity contribution is 0.394. The van der Waals surface area contributed by atoms with Crippen molar-refractivity contribution in [3.63, 3.8) is 0 Å². The molecule has 0 aromatic heterocycles. The van der Waals surface area contributed by atoms with Crippen molar-refractivity contribution in [2.24, 2.45) is 5.10 Å². The summed E-state index contributed by atoms with van der Waals surface area (Å²) in [5.74, 6) is 1.43. The van der Waals surface area contributed by atoms with Crippen molar-refractivity contribution >= 4 is 23.5 Å². The molecule has 0 bridgehead atoms. The van der Waals surface area contributed by atoms with Crippen molar-refractivity contribution in [3.05, 3.63) is 52.5 Å². The fourth-order valence-electron chi connectivity index (χ4n) is 1.75. The summed E-state index contributed by atoms with van der Waals surface area (Å²) >= 11 is 6.06. The molecule has 21 heavy (non-hydrogen) atoms. The van der Waals surface area contributed by atoms with Crippen LogP contribution >= 0.6 is 11.6 Å². The maximum absolute atomic E-state index is 6.06. The van der Waals surface area contributed by atoms with E-state index < -0.39 is 0 Å². The minimum Gasteiger partial charge on any atom is -0.497 e. The molecule has 0 aliphatic rings. The topological polar surface area (TPSA) is 42.8 Å². The van der Waals surface area contributed by atoms with Crippen LogP contribution in [-0.2, 0) is 0 Å². The Kier molecular flexibility index (Phi) is 5.06. The van der Waals surface area contributed by atoms with E-state index in [1.807, 2.05) is 43.3 Å². The van der Waals surface area contributed by atoms with Crippen molar-refractivity contribution in [1.29, 1.82) is 0 Å². The number of rotatable bonds is 5. The third-order valence-electron chi connectivity index (χ3n) is 2.95. The van der Waals surface area contributed by atoms with Gasteiger partial charge in [0, 0.05) is 16.7 Å². The largest absolute Gasteiger partial charge is 0.497 e. The molecule has 0 heterocycles. The van der Waals surface area contributed by atoms with E-state index >= 15 is 0 Å². The number of anilines is 1. The van der Waals surface area contributed by atoms with Gasteiger partial charge in [-0.05, 0) is 36.8 Å². The van der Waals surface area contributed by atoms with E-state index in [0.717, 1.165) is 16.8 Å². The highest BCUT2D eigenvalue weighted by molar-refractivity contribution is 6.31. The second kappa shape index (κ2) is 6.99. The first-order valence-electron chi connectivity index (χ1n) is 6.40. The lowest BCUT2D eigenvalue weighted by atomic mass is 10.2. The molecular weight excluding hydrogens is 288 g/mol. The number of halogens is 1. The summed E-state index contributed by atoms with van der Waals surface area (Å²) in [4.78, 5) is 0. The third kappa shape index (κ3) is 4.13. The molecule has 0 saturated heterocycles. The Morgan fingerprint density at radius 1 is 1.05 bits per heavy atom. The smallest absolute Gasteiger partial charge is 0.123 e. The lowest BCUT2D eigenvalue weighted by Gasteiger charge is -2.06. The quantitative estimate of drug-likeness (QED) is 0.667. The van der Waals surface area contributed by atoms with Gasteiger partial charge < -0.3 is 9.47 Å². The van der Waals surface area contributed by atoms with Gasteiger partial charge in [-0.1, -0.05) is 17.7 Å². The summed E-state index contributed by atoms with van der Waals surface area (Å²) in [7, 11) is 3.23. The molecule has 0 amide bonds. The Morgan fingerprint density at radius 3 is 2.29 bits per heavy atom. The summed E-state index contributed by atoms with van der Waals surface area (Å²) in [6, 6.07) is 11.2. The second-order valence-corrected chi connectivity index (χ2v) is 4.89. The average molecular weight is 305 g/mol. The van der Waals surface area contributed by atoms with E-state index in [0.29, 0.717) is 16.5 Å². The van der Waals surface area contributed by atoms with Gasteiger partial charge in [-0.3, -0.25) is 5.43 Å². The number of nitrogens with one attached hydrogen (secondary N) is 1. The predicted octanol–water partition coefficient (Wildman–Crippen LogP) is 4.11. The van der Waals surface area contributed by atoms with Crippen molar-refractivity contribution in [2.75, 3.05) is 19.6 Å². The summed E-state index contributed by atoms with van der Waals surface area (Å²) in [6.45, 7) is 1.96. The molecule has 5 heteroatoms. The lowest BCUT2D eigenvalue weighted by Crippen LogP contribution is -1.93. The summed E-state index contributed by atoms with van der Waals surface area (Å²) in [6.07, 6.45) is 1.69. The molecule has 0 saturated carbocycles. The van der Waals surface area contributed by atoms with Crippen LogP contribution in [0.1, 0.15) is 11.1 Å². The normalized spacial score (nSPS) is 10.7. The predicted molar refractivity (Wildman–Crippen MR) is 87.0 cm³/mol. The number of hydrogen-bond donors (Lipinski definition) is 1. The molecule has 2 aromatic carbocycles. The Labute approximate surface area is 129 Å². The van der Waals surface area contributed by atoms with E-state index in [1.165, 1.54) is 0 Å². The maximum Gasteiger partial charge on any atom is 0.123 e. The number of hydrazone groups is 1. The minimum atomic E-state index is 0.707. The molecule has 110 valence electrons. The highest BCUT2D eigenvalue weighted by Gasteiger charge is 2.00. The second-order valence-electron chi connectivity index (χ2n) is 4.48. The minimum absolute atomic E-state index is 0.707. The Hall–Kier alpha value is -2.20. The van der Waals surface area contributed by atoms with Gasteiger partial charge in [0.1, 0.15) is 11.5 Å². The van der Waals surface area contributed by atoms with Gasteiger partial charge in [0.2, 0.25) is 0 Å². The molecule has 0 aliphatic heterocycles. The molecule has 2 rings (SSSR count). The Balaban J connectivity index is 2.11. The van der Waals surface area contributed by atoms with Crippen molar-refractivity contribution in [1.82, 2.24) is 0 Å². The molecule has 0 fully saturated rings. The van der Waals surface area contributed by atoms with Crippen molar-refractivity contribution in [3.8, 4) is 11.5 Å². The van der Waals surface area contributed by atoms with Crippen LogP contribution in [0.25, 0.3) is 0 Å². The van der Waals surface area contributed by atoms with Gasteiger partial charge in [-0.15, -0.1) is 0 Å². The Bertz CT molecular complexity index is 634. The monoisotopic (exact) mass is 304 g/mol. The number of ether oxygens (including phenoxy) is 2. The van der Waals surface area contributed by atoms with Crippen LogP contribution in [-0.4, -0.2) is 20.4 Å². The number of hydrogen-bond acceptors (Lipinski definition) is 4. The molecule has 0 spiro atoms. The van der Waals surface area contributed by atoms with Gasteiger partial charge in [0.25, 0.3) is 0 Å². The molecule has 1 N–H and O–H groups in total. The van der Waals surface area contributed by atoms with Gasteiger partial charge in [0.05, 0.1) is 26.1 Å². The van der Waals surface area contributed by atoms with Crippen LogP contribution in [0.2, 0.25) is 5.02 Å². The zero-order valence-corrected chi connectivity index (χ0v) is 12.9. The molecule has 4 nitrogen and oxygen atoms in total. The van der Waals surface area contributed by atoms with Crippen molar-refractivity contribution < 1.29 is 9.47 Å². The van der Waals surface area contributed by atoms with E-state index in [1.54, 1.807) is 20.4 Å². The van der Waals surface area contributed by atoms with Crippen LogP contribution in [0.5, 0.6) is 11.5 Å². The summed E-state index contributed by atoms with van der Waals surface area (Å²) in [5.41, 5.74) is 5.67. The van der Waals surface area contributed by atoms with E-state index in [4.69, 9.17) is 21.1 Å². The van der Waals surface area contributed by atoms with E-state index in [-0.39, 0.29) is 0 Å². The summed E-state index contributed by atoms with van der Waals surface area (Å²) < 4.78 is 10.4. The molecule has 2 aromatic rings. The van der Waals surface area contributed by atoms with Gasteiger partial charge in [-0.25, -0.2) is 0 Å². The first kappa shape index (κ1) is 15.2. The highest BCUT2D eigenvalue weighted by Crippen LogP contribution is 2.22. The van der Waals surface area contributed by atoms with Crippen molar-refractivity contribution in [2.45, 2.75) is 6.92 Å². The zero-order valence-electron chi connectivity index (χ0n) is 12.2. The molecule has 0 unspecified atom stereocenters. The number of methoxy groups -OCH3 is 2. The first-order valence-corrected chi connectivity index (χ1v) is 6.78. The van der Waals surface area contributed by atoms with Gasteiger partial charge in [0.15, 0.2) is 0 Å². The molecule has 0 radical (unpaired) electrons. The molecule has 0 atom stereocenters. The third-order valence-corrected chi connectivity index (χ3v) is 3.36. The van der Waals surface area contributed by atoms with E-state index in [2.05, 4.69) is 10.5 Å². The SMILES string of the molecule is COc1cc(/C=N\Nc2ccc(C)c(Cl)c2)cc(OC)c1. The van der Waals surface area contributed by atoms with Crippen LogP contribution in [0.4, 0.5) is 5.69 Å². The number of nitrogens with zero attached hydrogens (tertiary/aromatic N) is 1. The zero-order chi connectivity index (χ0) is 15.2. The van der Waals surface area contributed by atoms with E-state index in [9.17, 15) is 0 Å². The van der Waals surface area contributed by atoms with Gasteiger partial charge in [-0.2, -0.15) is 5.10 Å². The van der Waals surface area contributed by atoms with Crippen LogP contribution in [0, 0.1) is 6.92 Å².